The number of hydrogen-bond acceptors (Lipinski definition) is 3. The highest BCUT2D eigenvalue weighted by atomic mass is 16.5. The van der Waals surface area contributed by atoms with Crippen LogP contribution in [0, 0.1) is 5.92 Å². The van der Waals surface area contributed by atoms with Gasteiger partial charge in [-0.1, -0.05) is 36.4 Å². The van der Waals surface area contributed by atoms with Gasteiger partial charge in [-0.25, -0.2) is 0 Å². The van der Waals surface area contributed by atoms with E-state index in [1.807, 2.05) is 24.3 Å². The minimum absolute atomic E-state index is 0.128. The molecule has 0 saturated heterocycles. The molecule has 5 nitrogen and oxygen atoms in total. The second-order valence-electron chi connectivity index (χ2n) is 5.19. The Morgan fingerprint density at radius 2 is 1.73 bits per heavy atom. The van der Waals surface area contributed by atoms with Crippen LogP contribution in [0.2, 0.25) is 0 Å². The van der Waals surface area contributed by atoms with E-state index >= 15 is 0 Å². The Hall–Kier alpha value is -2.82. The molecule has 2 amide bonds. The van der Waals surface area contributed by atoms with E-state index in [1.54, 1.807) is 30.3 Å². The molecule has 22 heavy (non-hydrogen) atoms. The Morgan fingerprint density at radius 1 is 1.05 bits per heavy atom. The molecule has 0 aromatic heterocycles. The number of rotatable bonds is 3. The normalized spacial score (nSPS) is 19.6. The molecule has 0 radical (unpaired) electrons. The third-order valence-electron chi connectivity index (χ3n) is 3.76. The van der Waals surface area contributed by atoms with Crippen molar-refractivity contribution >= 4 is 17.5 Å². The molecule has 112 valence electrons. The Morgan fingerprint density at radius 3 is 2.45 bits per heavy atom. The maximum Gasteiger partial charge on any atom is 0.232 e. The molecule has 5 heteroatoms. The fraction of sp³-hybridized carbons (Fsp3) is 0.176. The number of fused-ring (bicyclic) bond motifs is 1. The van der Waals surface area contributed by atoms with Crippen LogP contribution in [0.25, 0.3) is 0 Å². The van der Waals surface area contributed by atoms with Gasteiger partial charge in [0, 0.05) is 11.3 Å². The zero-order valence-corrected chi connectivity index (χ0v) is 11.9. The largest absolute Gasteiger partial charge is 0.492 e. The number of benzene rings is 2. The SMILES string of the molecule is NC(=O)[C@@H]1c2ccccc2OC[C@@H]1C(=O)Nc1ccccc1. The van der Waals surface area contributed by atoms with Crippen molar-refractivity contribution in [2.45, 2.75) is 5.92 Å². The van der Waals surface area contributed by atoms with Crippen LogP contribution >= 0.6 is 0 Å². The highest BCUT2D eigenvalue weighted by Crippen LogP contribution is 2.37. The van der Waals surface area contributed by atoms with Crippen molar-refractivity contribution < 1.29 is 14.3 Å². The third kappa shape index (κ3) is 2.65. The summed E-state index contributed by atoms with van der Waals surface area (Å²) in [5, 5.41) is 2.80. The first-order valence-electron chi connectivity index (χ1n) is 7.04. The van der Waals surface area contributed by atoms with Crippen LogP contribution in [0.4, 0.5) is 5.69 Å². The third-order valence-corrected chi connectivity index (χ3v) is 3.76. The van der Waals surface area contributed by atoms with E-state index in [0.29, 0.717) is 17.0 Å². The van der Waals surface area contributed by atoms with Crippen LogP contribution in [-0.2, 0) is 9.59 Å². The lowest BCUT2D eigenvalue weighted by Crippen LogP contribution is -2.41. The summed E-state index contributed by atoms with van der Waals surface area (Å²) in [5.41, 5.74) is 6.87. The molecule has 2 aromatic rings. The van der Waals surface area contributed by atoms with Crippen molar-refractivity contribution in [1.29, 1.82) is 0 Å². The summed E-state index contributed by atoms with van der Waals surface area (Å²) in [5.74, 6) is -1.52. The first-order chi connectivity index (χ1) is 10.7. The number of para-hydroxylation sites is 2. The Kier molecular flexibility index (Phi) is 3.78. The van der Waals surface area contributed by atoms with Crippen molar-refractivity contribution in [3.8, 4) is 5.75 Å². The van der Waals surface area contributed by atoms with E-state index in [4.69, 9.17) is 10.5 Å². The molecule has 0 saturated carbocycles. The van der Waals surface area contributed by atoms with Crippen molar-refractivity contribution in [2.24, 2.45) is 11.7 Å². The van der Waals surface area contributed by atoms with Gasteiger partial charge in [0.15, 0.2) is 0 Å². The molecule has 1 heterocycles. The summed E-state index contributed by atoms with van der Waals surface area (Å²) in [4.78, 5) is 24.4. The molecular formula is C17H16N2O3. The van der Waals surface area contributed by atoms with Gasteiger partial charge >= 0.3 is 0 Å². The second-order valence-corrected chi connectivity index (χ2v) is 5.19. The van der Waals surface area contributed by atoms with Crippen molar-refractivity contribution in [3.63, 3.8) is 0 Å². The van der Waals surface area contributed by atoms with Crippen LogP contribution < -0.4 is 15.8 Å². The maximum absolute atomic E-state index is 12.5. The number of nitrogens with one attached hydrogen (secondary N) is 1. The van der Waals surface area contributed by atoms with Gasteiger partial charge in [-0.2, -0.15) is 0 Å². The summed E-state index contributed by atoms with van der Waals surface area (Å²) in [7, 11) is 0. The van der Waals surface area contributed by atoms with Gasteiger partial charge in [-0.15, -0.1) is 0 Å². The molecule has 0 aliphatic carbocycles. The molecule has 3 rings (SSSR count). The molecule has 1 aliphatic rings. The van der Waals surface area contributed by atoms with E-state index in [2.05, 4.69) is 5.32 Å². The number of carbonyl (C=O) groups is 2. The summed E-state index contributed by atoms with van der Waals surface area (Å²) >= 11 is 0. The van der Waals surface area contributed by atoms with Crippen LogP contribution in [0.5, 0.6) is 5.75 Å². The number of primary amides is 1. The second kappa shape index (κ2) is 5.89. The average molecular weight is 296 g/mol. The van der Waals surface area contributed by atoms with Crippen LogP contribution in [0.15, 0.2) is 54.6 Å². The lowest BCUT2D eigenvalue weighted by atomic mass is 9.83. The van der Waals surface area contributed by atoms with Crippen LogP contribution in [0.3, 0.4) is 0 Å². The smallest absolute Gasteiger partial charge is 0.232 e. The van der Waals surface area contributed by atoms with Gasteiger partial charge in [-0.3, -0.25) is 9.59 Å². The van der Waals surface area contributed by atoms with Crippen molar-refractivity contribution in [1.82, 2.24) is 0 Å². The maximum atomic E-state index is 12.5. The number of hydrogen-bond donors (Lipinski definition) is 2. The minimum atomic E-state index is -0.686. The van der Waals surface area contributed by atoms with Crippen molar-refractivity contribution in [3.05, 3.63) is 60.2 Å². The standard InChI is InChI=1S/C17H16N2O3/c18-16(20)15-12-8-4-5-9-14(12)22-10-13(15)17(21)19-11-6-2-1-3-7-11/h1-9,13,15H,10H2,(H2,18,20)(H,19,21)/t13-,15+/m0/s1. The fourth-order valence-electron chi connectivity index (χ4n) is 2.70. The van der Waals surface area contributed by atoms with Gasteiger partial charge in [0.1, 0.15) is 12.4 Å². The zero-order chi connectivity index (χ0) is 15.5. The van der Waals surface area contributed by atoms with E-state index in [0.717, 1.165) is 0 Å². The number of anilines is 1. The van der Waals surface area contributed by atoms with E-state index in [-0.39, 0.29) is 12.5 Å². The summed E-state index contributed by atoms with van der Waals surface area (Å²) in [6, 6.07) is 16.3. The van der Waals surface area contributed by atoms with Crippen LogP contribution in [-0.4, -0.2) is 18.4 Å². The molecule has 0 fully saturated rings. The minimum Gasteiger partial charge on any atom is -0.492 e. The van der Waals surface area contributed by atoms with E-state index < -0.39 is 17.7 Å². The Balaban J connectivity index is 1.87. The van der Waals surface area contributed by atoms with E-state index in [9.17, 15) is 9.59 Å². The first kappa shape index (κ1) is 14.1. The summed E-state index contributed by atoms with van der Waals surface area (Å²) < 4.78 is 5.61. The highest BCUT2D eigenvalue weighted by molar-refractivity contribution is 5.98. The molecule has 0 spiro atoms. The molecular weight excluding hydrogens is 280 g/mol. The van der Waals surface area contributed by atoms with E-state index in [1.165, 1.54) is 0 Å². The molecule has 0 bridgehead atoms. The molecule has 1 aliphatic heterocycles. The monoisotopic (exact) mass is 296 g/mol. The Labute approximate surface area is 128 Å². The highest BCUT2D eigenvalue weighted by Gasteiger charge is 2.39. The van der Waals surface area contributed by atoms with Gasteiger partial charge in [0.05, 0.1) is 11.8 Å². The van der Waals surface area contributed by atoms with Gasteiger partial charge in [0.2, 0.25) is 11.8 Å². The lowest BCUT2D eigenvalue weighted by molar-refractivity contribution is -0.129. The predicted octanol–water partition coefficient (Wildman–Crippen LogP) is 1.90. The fourth-order valence-corrected chi connectivity index (χ4v) is 2.70. The molecule has 3 N–H and O–H groups in total. The average Bonchev–Trinajstić information content (AvgIpc) is 2.54. The van der Waals surface area contributed by atoms with Crippen molar-refractivity contribution in [2.75, 3.05) is 11.9 Å². The Bertz CT molecular complexity index is 700. The summed E-state index contributed by atoms with van der Waals surface area (Å²) in [6.45, 7) is 0.128. The van der Waals surface area contributed by atoms with Crippen LogP contribution in [0.1, 0.15) is 11.5 Å². The van der Waals surface area contributed by atoms with Gasteiger partial charge in [0.25, 0.3) is 0 Å². The first-order valence-corrected chi connectivity index (χ1v) is 7.04. The molecule has 2 aromatic carbocycles. The zero-order valence-electron chi connectivity index (χ0n) is 11.9. The van der Waals surface area contributed by atoms with Gasteiger partial charge in [-0.05, 0) is 18.2 Å². The number of amides is 2. The predicted molar refractivity (Wildman–Crippen MR) is 82.4 cm³/mol. The summed E-state index contributed by atoms with van der Waals surface area (Å²) in [6.07, 6.45) is 0. The lowest BCUT2D eigenvalue weighted by Gasteiger charge is -2.30. The van der Waals surface area contributed by atoms with Gasteiger partial charge < -0.3 is 15.8 Å². The topological polar surface area (TPSA) is 81.4 Å². The quantitative estimate of drug-likeness (QED) is 0.907. The number of ether oxygens (including phenoxy) is 1. The molecule has 2 atom stereocenters. The number of nitrogens with two attached hydrogens (primary N) is 1. The number of carbonyl (C=O) groups excluding carboxylic acids is 2. The molecule has 0 unspecified atom stereocenters.